The lowest BCUT2D eigenvalue weighted by Gasteiger charge is -2.21. The van der Waals surface area contributed by atoms with Crippen molar-refractivity contribution in [3.05, 3.63) is 23.8 Å². The second kappa shape index (κ2) is 6.27. The lowest BCUT2D eigenvalue weighted by atomic mass is 9.86. The zero-order valence-corrected chi connectivity index (χ0v) is 13.8. The predicted octanol–water partition coefficient (Wildman–Crippen LogP) is 0.614. The molecule has 2 heterocycles. The third-order valence-electron chi connectivity index (χ3n) is 4.23. The van der Waals surface area contributed by atoms with Crippen LogP contribution in [0.5, 0.6) is 0 Å². The van der Waals surface area contributed by atoms with Crippen LogP contribution < -0.4 is 5.32 Å². The number of nitrogens with one attached hydrogen (secondary N) is 2. The lowest BCUT2D eigenvalue weighted by Crippen LogP contribution is -2.35. The Hall–Kier alpha value is -1.96. The van der Waals surface area contributed by atoms with Gasteiger partial charge in [-0.15, -0.1) is 0 Å². The molecule has 0 aliphatic heterocycles. The van der Waals surface area contributed by atoms with E-state index in [-0.39, 0.29) is 17.6 Å². The average Bonchev–Trinajstić information content (AvgIpc) is 2.88. The minimum Gasteiger partial charge on any atom is -0.356 e. The molecule has 0 fully saturated rings. The number of aromatic amines is 1. The van der Waals surface area contributed by atoms with Crippen molar-refractivity contribution >= 4 is 26.8 Å². The molecule has 3 rings (SSSR count). The maximum Gasteiger partial charge on any atom is 0.223 e. The smallest absolute Gasteiger partial charge is 0.223 e. The van der Waals surface area contributed by atoms with Crippen molar-refractivity contribution < 1.29 is 13.2 Å². The van der Waals surface area contributed by atoms with Crippen molar-refractivity contribution in [2.75, 3.05) is 18.6 Å². The Kier molecular flexibility index (Phi) is 4.34. The molecule has 0 saturated carbocycles. The molecule has 7 nitrogen and oxygen atoms in total. The standard InChI is InChI=1S/C15H20N4O3S/c1-23(21,22)6-2-5-17-15(20)10-3-4-13-11(7-10)12-8-16-9-18-14(12)19-13/h8-10H,2-7H2,1H3,(H,17,20)(H,16,18,19). The van der Waals surface area contributed by atoms with Crippen LogP contribution in [0.3, 0.4) is 0 Å². The molecule has 23 heavy (non-hydrogen) atoms. The molecule has 2 N–H and O–H groups in total. The summed E-state index contributed by atoms with van der Waals surface area (Å²) in [6.45, 7) is 0.395. The molecule has 1 unspecified atom stereocenters. The van der Waals surface area contributed by atoms with Gasteiger partial charge in [-0.2, -0.15) is 0 Å². The van der Waals surface area contributed by atoms with Gasteiger partial charge in [-0.3, -0.25) is 4.79 Å². The van der Waals surface area contributed by atoms with E-state index in [9.17, 15) is 13.2 Å². The predicted molar refractivity (Wildman–Crippen MR) is 86.7 cm³/mol. The van der Waals surface area contributed by atoms with Crippen LogP contribution in [0.15, 0.2) is 12.5 Å². The van der Waals surface area contributed by atoms with Gasteiger partial charge in [0, 0.05) is 36.0 Å². The third kappa shape index (κ3) is 3.69. The molecule has 0 bridgehead atoms. The Labute approximate surface area is 134 Å². The van der Waals surface area contributed by atoms with E-state index in [0.29, 0.717) is 19.4 Å². The minimum atomic E-state index is -2.97. The second-order valence-electron chi connectivity index (χ2n) is 6.08. The first-order chi connectivity index (χ1) is 10.9. The maximum atomic E-state index is 12.3. The number of nitrogens with zero attached hydrogens (tertiary/aromatic N) is 2. The minimum absolute atomic E-state index is 0.00431. The summed E-state index contributed by atoms with van der Waals surface area (Å²) in [6, 6.07) is 0. The second-order valence-corrected chi connectivity index (χ2v) is 8.34. The topological polar surface area (TPSA) is 105 Å². The normalized spacial score (nSPS) is 17.9. The van der Waals surface area contributed by atoms with Gasteiger partial charge < -0.3 is 10.3 Å². The van der Waals surface area contributed by atoms with Gasteiger partial charge in [0.15, 0.2) is 0 Å². The van der Waals surface area contributed by atoms with Gasteiger partial charge >= 0.3 is 0 Å². The number of aromatic nitrogens is 3. The highest BCUT2D eigenvalue weighted by Gasteiger charge is 2.27. The molecule has 1 aliphatic rings. The Morgan fingerprint density at radius 2 is 2.30 bits per heavy atom. The summed E-state index contributed by atoms with van der Waals surface area (Å²) in [5, 5.41) is 3.83. The monoisotopic (exact) mass is 336 g/mol. The quantitative estimate of drug-likeness (QED) is 0.779. The van der Waals surface area contributed by atoms with Gasteiger partial charge in [-0.1, -0.05) is 0 Å². The van der Waals surface area contributed by atoms with Crippen molar-refractivity contribution in [3.8, 4) is 0 Å². The largest absolute Gasteiger partial charge is 0.356 e. The van der Waals surface area contributed by atoms with Crippen LogP contribution in [0.1, 0.15) is 24.1 Å². The summed E-state index contributed by atoms with van der Waals surface area (Å²) < 4.78 is 22.2. The van der Waals surface area contributed by atoms with Crippen molar-refractivity contribution in [3.63, 3.8) is 0 Å². The summed E-state index contributed by atoms with van der Waals surface area (Å²) in [7, 11) is -2.97. The van der Waals surface area contributed by atoms with Crippen molar-refractivity contribution in [2.24, 2.45) is 5.92 Å². The van der Waals surface area contributed by atoms with E-state index in [4.69, 9.17) is 0 Å². The van der Waals surface area contributed by atoms with Crippen LogP contribution in [-0.2, 0) is 27.5 Å². The van der Waals surface area contributed by atoms with Gasteiger partial charge in [-0.25, -0.2) is 18.4 Å². The molecule has 0 aromatic carbocycles. The highest BCUT2D eigenvalue weighted by molar-refractivity contribution is 7.90. The van der Waals surface area contributed by atoms with Crippen LogP contribution >= 0.6 is 0 Å². The number of carbonyl (C=O) groups is 1. The number of H-pyrrole nitrogens is 1. The zero-order valence-electron chi connectivity index (χ0n) is 13.0. The van der Waals surface area contributed by atoms with Gasteiger partial charge in [-0.05, 0) is 31.2 Å². The Bertz CT molecular complexity index is 828. The molecule has 1 amide bonds. The number of hydrogen-bond acceptors (Lipinski definition) is 5. The molecule has 0 radical (unpaired) electrons. The summed E-state index contributed by atoms with van der Waals surface area (Å²) in [5.74, 6) is 0.0114. The van der Waals surface area contributed by atoms with Crippen LogP contribution in [0, 0.1) is 5.92 Å². The SMILES string of the molecule is CS(=O)(=O)CCCNC(=O)C1CCc2[nH]c3ncncc3c2C1. The van der Waals surface area contributed by atoms with E-state index in [1.165, 1.54) is 12.6 Å². The zero-order chi connectivity index (χ0) is 16.4. The third-order valence-corrected chi connectivity index (χ3v) is 5.26. The first kappa shape index (κ1) is 15.9. The van der Waals surface area contributed by atoms with Crippen molar-refractivity contribution in [1.82, 2.24) is 20.3 Å². The van der Waals surface area contributed by atoms with E-state index in [1.807, 2.05) is 0 Å². The molecule has 1 atom stereocenters. The van der Waals surface area contributed by atoms with E-state index in [2.05, 4.69) is 20.3 Å². The highest BCUT2D eigenvalue weighted by atomic mass is 32.2. The number of sulfone groups is 1. The van der Waals surface area contributed by atoms with E-state index in [1.54, 1.807) is 6.20 Å². The number of hydrogen-bond donors (Lipinski definition) is 2. The highest BCUT2D eigenvalue weighted by Crippen LogP contribution is 2.30. The van der Waals surface area contributed by atoms with Crippen LogP contribution in [0.2, 0.25) is 0 Å². The van der Waals surface area contributed by atoms with Gasteiger partial charge in [0.2, 0.25) is 5.91 Å². The number of fused-ring (bicyclic) bond motifs is 3. The van der Waals surface area contributed by atoms with Crippen molar-refractivity contribution in [2.45, 2.75) is 25.7 Å². The molecular formula is C15H20N4O3S. The molecule has 1 aliphatic carbocycles. The van der Waals surface area contributed by atoms with Crippen molar-refractivity contribution in [1.29, 1.82) is 0 Å². The molecule has 0 spiro atoms. The van der Waals surface area contributed by atoms with Crippen LogP contribution in [-0.4, -0.2) is 47.8 Å². The molecule has 2 aromatic heterocycles. The molecule has 8 heteroatoms. The van der Waals surface area contributed by atoms with Gasteiger partial charge in [0.1, 0.15) is 21.8 Å². The summed E-state index contributed by atoms with van der Waals surface area (Å²) in [5.41, 5.74) is 3.09. The number of aryl methyl sites for hydroxylation is 1. The van der Waals surface area contributed by atoms with Crippen LogP contribution in [0.25, 0.3) is 11.0 Å². The molecular weight excluding hydrogens is 316 g/mol. The average molecular weight is 336 g/mol. The Morgan fingerprint density at radius 1 is 1.48 bits per heavy atom. The van der Waals surface area contributed by atoms with E-state index < -0.39 is 9.84 Å². The molecule has 0 saturated heterocycles. The molecule has 2 aromatic rings. The summed E-state index contributed by atoms with van der Waals surface area (Å²) in [4.78, 5) is 23.9. The summed E-state index contributed by atoms with van der Waals surface area (Å²) in [6.07, 6.45) is 7.21. The van der Waals surface area contributed by atoms with E-state index in [0.717, 1.165) is 35.1 Å². The van der Waals surface area contributed by atoms with Gasteiger partial charge in [0.05, 0.1) is 5.75 Å². The number of amides is 1. The Morgan fingerprint density at radius 3 is 3.09 bits per heavy atom. The first-order valence-electron chi connectivity index (χ1n) is 7.69. The Balaban J connectivity index is 1.61. The van der Waals surface area contributed by atoms with E-state index >= 15 is 0 Å². The van der Waals surface area contributed by atoms with Crippen LogP contribution in [0.4, 0.5) is 0 Å². The number of rotatable bonds is 5. The maximum absolute atomic E-state index is 12.3. The number of carbonyl (C=O) groups excluding carboxylic acids is 1. The fourth-order valence-corrected chi connectivity index (χ4v) is 3.73. The van der Waals surface area contributed by atoms with Gasteiger partial charge in [0.25, 0.3) is 0 Å². The first-order valence-corrected chi connectivity index (χ1v) is 9.75. The molecule has 124 valence electrons. The summed E-state index contributed by atoms with van der Waals surface area (Å²) >= 11 is 0. The lowest BCUT2D eigenvalue weighted by molar-refractivity contribution is -0.125. The fraction of sp³-hybridized carbons (Fsp3) is 0.533. The fourth-order valence-electron chi connectivity index (χ4n) is 3.06.